The molecule has 1 aromatic rings. The Bertz CT molecular complexity index is 249. The van der Waals surface area contributed by atoms with Gasteiger partial charge in [-0.15, -0.1) is 0 Å². The summed E-state index contributed by atoms with van der Waals surface area (Å²) in [7, 11) is 0. The summed E-state index contributed by atoms with van der Waals surface area (Å²) >= 11 is 0. The number of carbonyl (C=O) groups excluding carboxylic acids is 1. The van der Waals surface area contributed by atoms with Crippen molar-refractivity contribution in [3.8, 4) is 0 Å². The van der Waals surface area contributed by atoms with Crippen LogP contribution in [0.5, 0.6) is 0 Å². The van der Waals surface area contributed by atoms with Crippen LogP contribution in [0.1, 0.15) is 30.9 Å². The van der Waals surface area contributed by atoms with Gasteiger partial charge in [-0.3, -0.25) is 4.79 Å². The van der Waals surface area contributed by atoms with Gasteiger partial charge in [-0.25, -0.2) is 0 Å². The van der Waals surface area contributed by atoms with Gasteiger partial charge in [0.2, 0.25) is 0 Å². The van der Waals surface area contributed by atoms with E-state index in [1.54, 1.807) is 6.26 Å². The maximum Gasteiger partial charge on any atom is 0.143 e. The van der Waals surface area contributed by atoms with E-state index in [0.717, 1.165) is 25.0 Å². The van der Waals surface area contributed by atoms with Crippen LogP contribution in [0.2, 0.25) is 0 Å². The van der Waals surface area contributed by atoms with Gasteiger partial charge in [-0.05, 0) is 25.0 Å². The molecular weight excluding hydrogens is 140 g/mol. The predicted octanol–water partition coefficient (Wildman–Crippen LogP) is 2.12. The smallest absolute Gasteiger partial charge is 0.143 e. The van der Waals surface area contributed by atoms with E-state index in [1.807, 2.05) is 12.1 Å². The standard InChI is InChI=1S/C9H10O2/c10-8-4-1-3-7(8)9-5-2-6-11-9/h2,5-7H,1,3-4H2. The van der Waals surface area contributed by atoms with Gasteiger partial charge in [0.25, 0.3) is 0 Å². The number of Topliss-reactive ketones (excluding diaryl/α,β-unsaturated/α-hetero) is 1. The molecule has 0 spiro atoms. The zero-order valence-electron chi connectivity index (χ0n) is 6.25. The molecule has 1 heterocycles. The number of ketones is 1. The largest absolute Gasteiger partial charge is 0.469 e. The first-order valence-electron chi connectivity index (χ1n) is 3.94. The molecular formula is C9H10O2. The highest BCUT2D eigenvalue weighted by Crippen LogP contribution is 2.30. The third kappa shape index (κ3) is 1.09. The van der Waals surface area contributed by atoms with Crippen molar-refractivity contribution in [1.82, 2.24) is 0 Å². The Kier molecular flexibility index (Phi) is 1.53. The summed E-state index contributed by atoms with van der Waals surface area (Å²) in [5.74, 6) is 1.23. The molecule has 11 heavy (non-hydrogen) atoms. The van der Waals surface area contributed by atoms with Gasteiger partial charge in [-0.1, -0.05) is 0 Å². The topological polar surface area (TPSA) is 30.2 Å². The Hall–Kier alpha value is -1.05. The minimum absolute atomic E-state index is 0.0602. The minimum atomic E-state index is 0.0602. The van der Waals surface area contributed by atoms with Crippen LogP contribution >= 0.6 is 0 Å². The molecule has 2 rings (SSSR count). The van der Waals surface area contributed by atoms with Gasteiger partial charge >= 0.3 is 0 Å². The van der Waals surface area contributed by atoms with Crippen molar-refractivity contribution in [3.05, 3.63) is 24.2 Å². The van der Waals surface area contributed by atoms with Crippen molar-refractivity contribution in [1.29, 1.82) is 0 Å². The van der Waals surface area contributed by atoms with E-state index in [2.05, 4.69) is 0 Å². The molecule has 58 valence electrons. The molecule has 0 N–H and O–H groups in total. The summed E-state index contributed by atoms with van der Waals surface area (Å²) < 4.78 is 5.17. The summed E-state index contributed by atoms with van der Waals surface area (Å²) in [5.41, 5.74) is 0. The summed E-state index contributed by atoms with van der Waals surface area (Å²) in [6.45, 7) is 0. The van der Waals surface area contributed by atoms with Crippen LogP contribution in [0.3, 0.4) is 0 Å². The van der Waals surface area contributed by atoms with Crippen LogP contribution in [0.15, 0.2) is 22.8 Å². The maximum absolute atomic E-state index is 11.2. The molecule has 1 fully saturated rings. The van der Waals surface area contributed by atoms with E-state index in [4.69, 9.17) is 4.42 Å². The van der Waals surface area contributed by atoms with Crippen LogP contribution in [-0.2, 0) is 4.79 Å². The molecule has 0 saturated heterocycles. The van der Waals surface area contributed by atoms with Gasteiger partial charge in [-0.2, -0.15) is 0 Å². The fourth-order valence-corrected chi connectivity index (χ4v) is 1.61. The van der Waals surface area contributed by atoms with Crippen molar-refractivity contribution in [2.24, 2.45) is 0 Å². The molecule has 2 nitrogen and oxygen atoms in total. The summed E-state index contributed by atoms with van der Waals surface area (Å²) in [6, 6.07) is 3.72. The molecule has 0 bridgehead atoms. The van der Waals surface area contributed by atoms with Crippen molar-refractivity contribution >= 4 is 5.78 Å². The second-order valence-electron chi connectivity index (χ2n) is 2.93. The average Bonchev–Trinajstić information content (AvgIpc) is 2.55. The van der Waals surface area contributed by atoms with Gasteiger partial charge in [0, 0.05) is 6.42 Å². The number of furan rings is 1. The van der Waals surface area contributed by atoms with Crippen molar-refractivity contribution < 1.29 is 9.21 Å². The summed E-state index contributed by atoms with van der Waals surface area (Å²) in [6.07, 6.45) is 4.34. The Morgan fingerprint density at radius 2 is 2.45 bits per heavy atom. The van der Waals surface area contributed by atoms with Crippen molar-refractivity contribution in [2.45, 2.75) is 25.2 Å². The lowest BCUT2D eigenvalue weighted by Gasteiger charge is -2.01. The Morgan fingerprint density at radius 3 is 3.00 bits per heavy atom. The van der Waals surface area contributed by atoms with Crippen LogP contribution < -0.4 is 0 Å². The van der Waals surface area contributed by atoms with Gasteiger partial charge < -0.3 is 4.42 Å². The Labute approximate surface area is 65.2 Å². The fraction of sp³-hybridized carbons (Fsp3) is 0.444. The number of carbonyl (C=O) groups is 1. The predicted molar refractivity (Wildman–Crippen MR) is 40.3 cm³/mol. The zero-order chi connectivity index (χ0) is 7.68. The SMILES string of the molecule is O=C1CCCC1c1ccco1. The fourth-order valence-electron chi connectivity index (χ4n) is 1.61. The van der Waals surface area contributed by atoms with Crippen LogP contribution in [0, 0.1) is 0 Å². The second kappa shape index (κ2) is 2.53. The molecule has 1 atom stereocenters. The van der Waals surface area contributed by atoms with E-state index in [0.29, 0.717) is 5.78 Å². The molecule has 2 heteroatoms. The number of hydrogen-bond donors (Lipinski definition) is 0. The molecule has 1 saturated carbocycles. The highest BCUT2D eigenvalue weighted by molar-refractivity contribution is 5.86. The molecule has 0 aromatic carbocycles. The van der Waals surface area contributed by atoms with Crippen molar-refractivity contribution in [3.63, 3.8) is 0 Å². The number of rotatable bonds is 1. The first-order chi connectivity index (χ1) is 5.38. The molecule has 0 aliphatic heterocycles. The second-order valence-corrected chi connectivity index (χ2v) is 2.93. The van der Waals surface area contributed by atoms with Gasteiger partial charge in [0.1, 0.15) is 11.5 Å². The lowest BCUT2D eigenvalue weighted by Crippen LogP contribution is -2.02. The molecule has 1 aliphatic carbocycles. The molecule has 1 unspecified atom stereocenters. The lowest BCUT2D eigenvalue weighted by molar-refractivity contribution is -0.118. The Morgan fingerprint density at radius 1 is 1.55 bits per heavy atom. The average molecular weight is 150 g/mol. The quantitative estimate of drug-likeness (QED) is 0.613. The van der Waals surface area contributed by atoms with Crippen LogP contribution in [0.25, 0.3) is 0 Å². The third-order valence-electron chi connectivity index (χ3n) is 2.19. The normalized spacial score (nSPS) is 24.4. The first kappa shape index (κ1) is 6.65. The monoisotopic (exact) mass is 150 g/mol. The van der Waals surface area contributed by atoms with E-state index in [9.17, 15) is 4.79 Å². The third-order valence-corrected chi connectivity index (χ3v) is 2.19. The summed E-state index contributed by atoms with van der Waals surface area (Å²) in [5, 5.41) is 0. The first-order valence-corrected chi connectivity index (χ1v) is 3.94. The van der Waals surface area contributed by atoms with E-state index < -0.39 is 0 Å². The van der Waals surface area contributed by atoms with Gasteiger partial charge in [0.15, 0.2) is 0 Å². The van der Waals surface area contributed by atoms with Gasteiger partial charge in [0.05, 0.1) is 12.2 Å². The molecule has 1 aliphatic rings. The zero-order valence-corrected chi connectivity index (χ0v) is 6.25. The van der Waals surface area contributed by atoms with Crippen LogP contribution in [0.4, 0.5) is 0 Å². The minimum Gasteiger partial charge on any atom is -0.469 e. The molecule has 0 amide bonds. The highest BCUT2D eigenvalue weighted by atomic mass is 16.3. The van der Waals surface area contributed by atoms with E-state index >= 15 is 0 Å². The maximum atomic E-state index is 11.2. The lowest BCUT2D eigenvalue weighted by atomic mass is 10.1. The van der Waals surface area contributed by atoms with E-state index in [-0.39, 0.29) is 5.92 Å². The molecule has 0 radical (unpaired) electrons. The highest BCUT2D eigenvalue weighted by Gasteiger charge is 2.27. The van der Waals surface area contributed by atoms with Crippen molar-refractivity contribution in [2.75, 3.05) is 0 Å². The van der Waals surface area contributed by atoms with E-state index in [1.165, 1.54) is 0 Å². The van der Waals surface area contributed by atoms with Crippen LogP contribution in [-0.4, -0.2) is 5.78 Å². The number of hydrogen-bond acceptors (Lipinski definition) is 2. The molecule has 1 aromatic heterocycles. The Balaban J connectivity index is 2.23. The summed E-state index contributed by atoms with van der Waals surface area (Å²) in [4.78, 5) is 11.2.